The smallest absolute Gasteiger partial charge is 0.352 e. The van der Waals surface area contributed by atoms with E-state index in [1.54, 1.807) is 14.1 Å². The van der Waals surface area contributed by atoms with Crippen LogP contribution in [0, 0.1) is 0 Å². The van der Waals surface area contributed by atoms with Gasteiger partial charge in [0.2, 0.25) is 11.3 Å². The first-order chi connectivity index (χ1) is 18.7. The van der Waals surface area contributed by atoms with Gasteiger partial charge in [0.15, 0.2) is 10.8 Å². The Morgan fingerprint density at radius 1 is 1.33 bits per heavy atom. The minimum absolute atomic E-state index is 0.120. The molecule has 5 rings (SSSR count). The van der Waals surface area contributed by atoms with E-state index in [0.29, 0.717) is 29.4 Å². The van der Waals surface area contributed by atoms with Gasteiger partial charge >= 0.3 is 5.97 Å². The number of oxime groups is 1. The van der Waals surface area contributed by atoms with Crippen molar-refractivity contribution in [2.45, 2.75) is 29.1 Å². The first kappa shape index (κ1) is 26.9. The number of anilines is 1. The van der Waals surface area contributed by atoms with E-state index in [0.717, 1.165) is 11.3 Å². The van der Waals surface area contributed by atoms with Gasteiger partial charge in [-0.05, 0) is 16.0 Å². The lowest BCUT2D eigenvalue weighted by Crippen LogP contribution is -2.71. The highest BCUT2D eigenvalue weighted by molar-refractivity contribution is 8.01. The number of likely N-dealkylation sites (tertiary alicyclic amines) is 1. The van der Waals surface area contributed by atoms with Gasteiger partial charge in [0, 0.05) is 43.9 Å². The molecule has 206 valence electrons. The van der Waals surface area contributed by atoms with E-state index in [9.17, 15) is 24.3 Å². The predicted octanol–water partition coefficient (Wildman–Crippen LogP) is -1.27. The minimum Gasteiger partial charge on any atom is -0.477 e. The van der Waals surface area contributed by atoms with E-state index in [1.807, 2.05) is 0 Å². The number of aryl methyl sites for hydroxylation is 1. The molecule has 39 heavy (non-hydrogen) atoms. The zero-order valence-electron chi connectivity index (χ0n) is 20.5. The molecule has 0 spiro atoms. The molecule has 5 heterocycles. The van der Waals surface area contributed by atoms with Gasteiger partial charge in [-0.2, -0.15) is 0 Å². The molecule has 0 aromatic carbocycles. The summed E-state index contributed by atoms with van der Waals surface area (Å²) >= 11 is 3.66. The number of thiazole rings is 1. The van der Waals surface area contributed by atoms with Crippen LogP contribution in [0.5, 0.6) is 0 Å². The summed E-state index contributed by atoms with van der Waals surface area (Å²) in [4.78, 5) is 62.8. The van der Waals surface area contributed by atoms with Crippen molar-refractivity contribution in [2.24, 2.45) is 12.2 Å². The Bertz CT molecular complexity index is 1410. The summed E-state index contributed by atoms with van der Waals surface area (Å²) in [5, 5.41) is 29.2. The van der Waals surface area contributed by atoms with Crippen LogP contribution < -0.4 is 11.1 Å². The maximum Gasteiger partial charge on any atom is 0.352 e. The summed E-state index contributed by atoms with van der Waals surface area (Å²) in [6.45, 7) is 0.491. The number of carboxylic acids is 1. The second-order valence-electron chi connectivity index (χ2n) is 8.65. The Balaban J connectivity index is 1.31. The number of carbonyl (C=O) groups is 4. The molecule has 3 aliphatic heterocycles. The first-order valence-corrected chi connectivity index (χ1v) is 14.3. The molecule has 0 radical (unpaired) electrons. The fraction of sp³-hybridized carbons (Fsp3) is 0.450. The maximum absolute atomic E-state index is 13.2. The highest BCUT2D eigenvalue weighted by Gasteiger charge is 2.54. The molecule has 0 saturated carbocycles. The van der Waals surface area contributed by atoms with Crippen molar-refractivity contribution in [1.82, 2.24) is 40.3 Å². The van der Waals surface area contributed by atoms with Crippen molar-refractivity contribution in [3.05, 3.63) is 22.3 Å². The number of rotatable bonds is 9. The molecule has 3 amide bonds. The largest absolute Gasteiger partial charge is 0.477 e. The monoisotopic (exact) mass is 594 g/mol. The zero-order chi connectivity index (χ0) is 27.8. The third-order valence-electron chi connectivity index (χ3n) is 6.12. The second-order valence-corrected chi connectivity index (χ2v) is 11.6. The van der Waals surface area contributed by atoms with Gasteiger partial charge in [0.1, 0.15) is 22.8 Å². The van der Waals surface area contributed by atoms with Crippen LogP contribution in [0.3, 0.4) is 0 Å². The van der Waals surface area contributed by atoms with Crippen LogP contribution in [0.1, 0.15) is 12.1 Å². The summed E-state index contributed by atoms with van der Waals surface area (Å²) in [6.07, 6.45) is -0.444. The highest BCUT2D eigenvalue weighted by Crippen LogP contribution is 2.41. The average Bonchev–Trinajstić information content (AvgIpc) is 3.61. The molecule has 0 bridgehead atoms. The number of nitrogens with zero attached hydrogens (tertiary/aromatic N) is 8. The van der Waals surface area contributed by atoms with E-state index in [2.05, 4.69) is 31.0 Å². The second kappa shape index (κ2) is 10.8. The van der Waals surface area contributed by atoms with Crippen LogP contribution >= 0.6 is 34.9 Å². The highest BCUT2D eigenvalue weighted by atomic mass is 32.2. The normalized spacial score (nSPS) is 23.1. The Labute approximate surface area is 233 Å². The zero-order valence-corrected chi connectivity index (χ0v) is 23.0. The fourth-order valence-corrected chi connectivity index (χ4v) is 6.99. The number of hydrogen-bond acceptors (Lipinski definition) is 14. The Kier molecular flexibility index (Phi) is 7.45. The van der Waals surface area contributed by atoms with Gasteiger partial charge in [-0.15, -0.1) is 28.2 Å². The van der Waals surface area contributed by atoms with E-state index >= 15 is 0 Å². The quantitative estimate of drug-likeness (QED) is 0.134. The Morgan fingerprint density at radius 2 is 2.13 bits per heavy atom. The number of tetrazole rings is 1. The maximum atomic E-state index is 13.2. The molecule has 2 aromatic rings. The van der Waals surface area contributed by atoms with Crippen molar-refractivity contribution in [1.29, 1.82) is 0 Å². The van der Waals surface area contributed by atoms with Crippen molar-refractivity contribution < 1.29 is 29.1 Å². The molecule has 16 nitrogen and oxygen atoms in total. The molecule has 3 atom stereocenters. The third-order valence-corrected chi connectivity index (χ3v) is 9.23. The SMILES string of the molecule is CN1CCC(ON=C(C(=O)N[C@@H]2C(=O)N3C(C(=O)O)=C(CSc4nnnn4C)CS[C@@H]23)c2csc(N)n2)C1=O. The number of nitrogens with two attached hydrogens (primary N) is 1. The first-order valence-electron chi connectivity index (χ1n) is 11.4. The Morgan fingerprint density at radius 3 is 2.74 bits per heavy atom. The molecule has 4 N–H and O–H groups in total. The molecule has 2 aromatic heterocycles. The molecule has 19 heteroatoms. The summed E-state index contributed by atoms with van der Waals surface area (Å²) < 4.78 is 1.46. The van der Waals surface area contributed by atoms with Crippen LogP contribution in [0.4, 0.5) is 5.13 Å². The minimum atomic E-state index is -1.25. The van der Waals surface area contributed by atoms with Crippen LogP contribution in [0.15, 0.2) is 27.0 Å². The van der Waals surface area contributed by atoms with Gasteiger partial charge in [-0.25, -0.2) is 14.5 Å². The number of likely N-dealkylation sites (N-methyl/N-ethyl adjacent to an activating group) is 1. The lowest BCUT2D eigenvalue weighted by molar-refractivity contribution is -0.150. The van der Waals surface area contributed by atoms with Gasteiger partial charge < -0.3 is 25.9 Å². The molecule has 2 fully saturated rings. The summed E-state index contributed by atoms with van der Waals surface area (Å²) in [6, 6.07) is -1.01. The van der Waals surface area contributed by atoms with Crippen LogP contribution in [-0.2, 0) is 31.1 Å². The van der Waals surface area contributed by atoms with Gasteiger partial charge in [0.05, 0.1) is 0 Å². The van der Waals surface area contributed by atoms with Crippen LogP contribution in [-0.4, -0.2) is 112 Å². The summed E-state index contributed by atoms with van der Waals surface area (Å²) in [5.74, 6) is -2.27. The number of fused-ring (bicyclic) bond motifs is 1. The number of thioether (sulfide) groups is 2. The topological polar surface area (TPSA) is 211 Å². The lowest BCUT2D eigenvalue weighted by Gasteiger charge is -2.49. The number of amides is 3. The van der Waals surface area contributed by atoms with Crippen molar-refractivity contribution >= 4 is 69.4 Å². The lowest BCUT2D eigenvalue weighted by atomic mass is 10.0. The average molecular weight is 595 g/mol. The van der Waals surface area contributed by atoms with Crippen LogP contribution in [0.2, 0.25) is 0 Å². The number of aliphatic carboxylic acids is 1. The van der Waals surface area contributed by atoms with E-state index in [1.165, 1.54) is 43.4 Å². The number of carbonyl (C=O) groups excluding carboxylic acids is 3. The van der Waals surface area contributed by atoms with Gasteiger partial charge in [-0.1, -0.05) is 16.9 Å². The molecule has 1 unspecified atom stereocenters. The van der Waals surface area contributed by atoms with Crippen molar-refractivity contribution in [2.75, 3.05) is 30.8 Å². The third kappa shape index (κ3) is 5.15. The molecular weight excluding hydrogens is 572 g/mol. The van der Waals surface area contributed by atoms with Crippen molar-refractivity contribution in [3.63, 3.8) is 0 Å². The van der Waals surface area contributed by atoms with Gasteiger partial charge in [0.25, 0.3) is 17.7 Å². The number of β-lactam (4-membered cyclic amide) rings is 1. The fourth-order valence-electron chi connectivity index (χ4n) is 4.10. The number of hydrogen-bond donors (Lipinski definition) is 3. The summed E-state index contributed by atoms with van der Waals surface area (Å²) in [7, 11) is 3.30. The van der Waals surface area contributed by atoms with E-state index in [4.69, 9.17) is 10.6 Å². The number of aromatic nitrogens is 5. The van der Waals surface area contributed by atoms with E-state index < -0.39 is 35.3 Å². The number of nitrogens with one attached hydrogen (secondary N) is 1. The number of carboxylic acid groups (broad SMARTS) is 1. The molecule has 0 aliphatic carbocycles. The molecule has 2 saturated heterocycles. The Hall–Kier alpha value is -3.71. The number of nitrogen functional groups attached to an aromatic ring is 1. The molecular formula is C20H22N10O6S3. The van der Waals surface area contributed by atoms with Crippen LogP contribution in [0.25, 0.3) is 0 Å². The molecule has 3 aliphatic rings. The standard InChI is InChI=1S/C20H22N10O6S3/c1-28-4-3-10(15(28)32)36-25-11(9-7-38-19(21)22-9)14(31)23-12-16(33)30-13(18(34)35)8(5-37-17(12)30)6-39-20-24-26-27-29(20)2/h7,10,12,17H,3-6H2,1-2H3,(H2,21,22)(H,23,31)(H,34,35)/t10?,12-,17+/m1/s1. The van der Waals surface area contributed by atoms with Crippen molar-refractivity contribution in [3.8, 4) is 0 Å². The van der Waals surface area contributed by atoms with E-state index in [-0.39, 0.29) is 33.9 Å². The summed E-state index contributed by atoms with van der Waals surface area (Å²) in [5.41, 5.74) is 6.01. The predicted molar refractivity (Wildman–Crippen MR) is 139 cm³/mol. The van der Waals surface area contributed by atoms with Gasteiger partial charge in [-0.3, -0.25) is 19.3 Å².